The van der Waals surface area contributed by atoms with E-state index in [1.807, 2.05) is 0 Å². The summed E-state index contributed by atoms with van der Waals surface area (Å²) in [5, 5.41) is 4.93. The molecule has 0 heterocycles. The zero-order valence-corrected chi connectivity index (χ0v) is 14.5. The van der Waals surface area contributed by atoms with Gasteiger partial charge in [0.2, 0.25) is 0 Å². The maximum atomic E-state index is 13.5. The summed E-state index contributed by atoms with van der Waals surface area (Å²) in [6.07, 6.45) is -1.24. The lowest BCUT2D eigenvalue weighted by atomic mass is 10.2. The molecule has 0 aliphatic rings. The lowest BCUT2D eigenvalue weighted by Gasteiger charge is -2.13. The summed E-state index contributed by atoms with van der Waals surface area (Å²) >= 11 is 0. The second-order valence-electron chi connectivity index (χ2n) is 5.62. The first-order valence-electron chi connectivity index (χ1n) is 8.15. The third kappa shape index (κ3) is 6.18. The van der Waals surface area contributed by atoms with Gasteiger partial charge >= 0.3 is 5.97 Å². The van der Waals surface area contributed by atoms with Crippen LogP contribution in [-0.4, -0.2) is 30.4 Å². The summed E-state index contributed by atoms with van der Waals surface area (Å²) in [5.74, 6) is -3.77. The molecule has 27 heavy (non-hydrogen) atoms. The predicted octanol–water partition coefficient (Wildman–Crippen LogP) is 2.66. The van der Waals surface area contributed by atoms with Crippen LogP contribution in [0.15, 0.2) is 48.5 Å². The van der Waals surface area contributed by atoms with E-state index in [-0.39, 0.29) is 18.5 Å². The fourth-order valence-corrected chi connectivity index (χ4v) is 2.12. The fourth-order valence-electron chi connectivity index (χ4n) is 2.12. The zero-order valence-electron chi connectivity index (χ0n) is 14.5. The zero-order chi connectivity index (χ0) is 19.8. The van der Waals surface area contributed by atoms with Crippen LogP contribution in [0.4, 0.5) is 14.5 Å². The van der Waals surface area contributed by atoms with E-state index in [1.165, 1.54) is 6.92 Å². The molecule has 0 fully saturated rings. The van der Waals surface area contributed by atoms with E-state index >= 15 is 0 Å². The molecule has 2 aromatic carbocycles. The van der Waals surface area contributed by atoms with Crippen molar-refractivity contribution in [3.05, 3.63) is 65.7 Å². The third-order valence-corrected chi connectivity index (χ3v) is 3.51. The average molecular weight is 376 g/mol. The van der Waals surface area contributed by atoms with Gasteiger partial charge in [0.25, 0.3) is 11.8 Å². The minimum absolute atomic E-state index is 0.124. The minimum atomic E-state index is -1.03. The highest BCUT2D eigenvalue weighted by Gasteiger charge is 2.18. The number of esters is 1. The molecular formula is C19H18F2N2O4. The van der Waals surface area contributed by atoms with Gasteiger partial charge in [0.15, 0.2) is 6.10 Å². The summed E-state index contributed by atoms with van der Waals surface area (Å²) in [6.45, 7) is 1.30. The van der Waals surface area contributed by atoms with Crippen molar-refractivity contribution in [1.82, 2.24) is 5.32 Å². The largest absolute Gasteiger partial charge is 0.452 e. The number of anilines is 1. The highest BCUT2D eigenvalue weighted by atomic mass is 19.1. The van der Waals surface area contributed by atoms with Gasteiger partial charge in [-0.25, -0.2) is 8.78 Å². The number of carbonyl (C=O) groups is 3. The van der Waals surface area contributed by atoms with Crippen molar-refractivity contribution in [1.29, 1.82) is 0 Å². The Labute approximate surface area is 154 Å². The van der Waals surface area contributed by atoms with Gasteiger partial charge in [-0.15, -0.1) is 0 Å². The lowest BCUT2D eigenvalue weighted by Crippen LogP contribution is -2.32. The molecule has 2 rings (SSSR count). The van der Waals surface area contributed by atoms with E-state index in [0.717, 1.165) is 12.1 Å². The van der Waals surface area contributed by atoms with Crippen LogP contribution in [0.25, 0.3) is 0 Å². The monoisotopic (exact) mass is 376 g/mol. The number of hydrogen-bond donors (Lipinski definition) is 2. The smallest absolute Gasteiger partial charge is 0.308 e. The van der Waals surface area contributed by atoms with Crippen LogP contribution in [0.2, 0.25) is 0 Å². The number of halogens is 2. The highest BCUT2D eigenvalue weighted by Crippen LogP contribution is 2.09. The Morgan fingerprint density at radius 3 is 2.44 bits per heavy atom. The van der Waals surface area contributed by atoms with Gasteiger partial charge in [-0.1, -0.05) is 18.2 Å². The Morgan fingerprint density at radius 2 is 1.78 bits per heavy atom. The molecule has 0 aliphatic heterocycles. The normalized spacial score (nSPS) is 11.4. The van der Waals surface area contributed by atoms with E-state index in [4.69, 9.17) is 4.74 Å². The number of hydrogen-bond acceptors (Lipinski definition) is 4. The van der Waals surface area contributed by atoms with Crippen LogP contribution in [-0.2, 0) is 14.3 Å². The molecular weight excluding hydrogens is 358 g/mol. The molecule has 0 aromatic heterocycles. The second-order valence-corrected chi connectivity index (χ2v) is 5.62. The molecule has 0 aliphatic carbocycles. The van der Waals surface area contributed by atoms with Crippen molar-refractivity contribution in [3.63, 3.8) is 0 Å². The first-order chi connectivity index (χ1) is 12.9. The van der Waals surface area contributed by atoms with Crippen molar-refractivity contribution in [2.24, 2.45) is 0 Å². The molecule has 8 heteroatoms. The third-order valence-electron chi connectivity index (χ3n) is 3.51. The topological polar surface area (TPSA) is 84.5 Å². The van der Waals surface area contributed by atoms with Gasteiger partial charge in [0.1, 0.15) is 11.6 Å². The van der Waals surface area contributed by atoms with Crippen LogP contribution in [0.1, 0.15) is 23.7 Å². The molecule has 1 unspecified atom stereocenters. The quantitative estimate of drug-likeness (QED) is 0.728. The molecule has 2 amide bonds. The predicted molar refractivity (Wildman–Crippen MR) is 93.9 cm³/mol. The first kappa shape index (κ1) is 20.0. The maximum absolute atomic E-state index is 13.5. The highest BCUT2D eigenvalue weighted by molar-refractivity contribution is 5.95. The standard InChI is InChI=1S/C19H18F2N2O4/c1-12(18(25)23-14-5-3-2-4-6-14)27-17(24)9-10-22-19(26)15-8-7-13(20)11-16(15)21/h2-8,11-12H,9-10H2,1H3,(H,22,26)(H,23,25). The number of benzene rings is 2. The van der Waals surface area contributed by atoms with Gasteiger partial charge in [0, 0.05) is 18.3 Å². The van der Waals surface area contributed by atoms with E-state index in [1.54, 1.807) is 30.3 Å². The van der Waals surface area contributed by atoms with Gasteiger partial charge in [0.05, 0.1) is 12.0 Å². The first-order valence-corrected chi connectivity index (χ1v) is 8.15. The van der Waals surface area contributed by atoms with E-state index < -0.39 is 35.5 Å². The Bertz CT molecular complexity index is 828. The molecule has 0 bridgehead atoms. The Balaban J connectivity index is 1.75. The minimum Gasteiger partial charge on any atom is -0.452 e. The van der Waals surface area contributed by atoms with Crippen LogP contribution < -0.4 is 10.6 Å². The Morgan fingerprint density at radius 1 is 1.07 bits per heavy atom. The molecule has 0 spiro atoms. The van der Waals surface area contributed by atoms with Gasteiger partial charge < -0.3 is 15.4 Å². The van der Waals surface area contributed by atoms with Gasteiger partial charge in [-0.3, -0.25) is 14.4 Å². The van der Waals surface area contributed by atoms with Gasteiger partial charge in [-0.05, 0) is 31.2 Å². The SMILES string of the molecule is CC(OC(=O)CCNC(=O)c1ccc(F)cc1F)C(=O)Nc1ccccc1. The Hall–Kier alpha value is -3.29. The van der Waals surface area contributed by atoms with Crippen LogP contribution in [0.5, 0.6) is 0 Å². The van der Waals surface area contributed by atoms with E-state index in [2.05, 4.69) is 10.6 Å². The lowest BCUT2D eigenvalue weighted by molar-refractivity contribution is -0.153. The second kappa shape index (κ2) is 9.42. The number of carbonyl (C=O) groups excluding carboxylic acids is 3. The number of rotatable bonds is 7. The van der Waals surface area contributed by atoms with Crippen molar-refractivity contribution in [3.8, 4) is 0 Å². The summed E-state index contributed by atoms with van der Waals surface area (Å²) in [6, 6.07) is 11.2. The molecule has 0 radical (unpaired) electrons. The summed E-state index contributed by atoms with van der Waals surface area (Å²) < 4.78 is 31.3. The van der Waals surface area contributed by atoms with Crippen LogP contribution in [0, 0.1) is 11.6 Å². The average Bonchev–Trinajstić information content (AvgIpc) is 2.62. The maximum Gasteiger partial charge on any atom is 0.308 e. The number of amides is 2. The van der Waals surface area contributed by atoms with Crippen molar-refractivity contribution >= 4 is 23.5 Å². The summed E-state index contributed by atoms with van der Waals surface area (Å²) in [7, 11) is 0. The summed E-state index contributed by atoms with van der Waals surface area (Å²) in [4.78, 5) is 35.5. The van der Waals surface area contributed by atoms with Crippen molar-refractivity contribution in [2.75, 3.05) is 11.9 Å². The molecule has 2 aromatic rings. The molecule has 0 saturated heterocycles. The van der Waals surface area contributed by atoms with Gasteiger partial charge in [-0.2, -0.15) is 0 Å². The van der Waals surface area contributed by atoms with E-state index in [9.17, 15) is 23.2 Å². The van der Waals surface area contributed by atoms with Crippen LogP contribution >= 0.6 is 0 Å². The molecule has 0 saturated carbocycles. The molecule has 2 N–H and O–H groups in total. The van der Waals surface area contributed by atoms with Crippen molar-refractivity contribution in [2.45, 2.75) is 19.4 Å². The van der Waals surface area contributed by atoms with Crippen LogP contribution in [0.3, 0.4) is 0 Å². The van der Waals surface area contributed by atoms with Crippen molar-refractivity contribution < 1.29 is 27.9 Å². The summed E-state index contributed by atoms with van der Waals surface area (Å²) in [5.41, 5.74) is 0.236. The Kier molecular flexibility index (Phi) is 6.99. The molecule has 1 atom stereocenters. The number of para-hydroxylation sites is 1. The molecule has 142 valence electrons. The molecule has 6 nitrogen and oxygen atoms in total. The van der Waals surface area contributed by atoms with E-state index in [0.29, 0.717) is 11.8 Å². The fraction of sp³-hybridized carbons (Fsp3) is 0.211. The number of ether oxygens (including phenoxy) is 1. The number of nitrogens with one attached hydrogen (secondary N) is 2.